The lowest BCUT2D eigenvalue weighted by Crippen LogP contribution is -2.29. The van der Waals surface area contributed by atoms with Crippen LogP contribution in [0, 0.1) is 0 Å². The van der Waals surface area contributed by atoms with Gasteiger partial charge in [-0.1, -0.05) is 39.8 Å². The third kappa shape index (κ3) is 5.55. The SMILES string of the molecule is CCN1CCc2nc(NC(=O)CCCOc3ccc(C(C)(C)C)cc3)sc2C1. The number of carbonyl (C=O) groups excluding carboxylic acids is 1. The highest BCUT2D eigenvalue weighted by Crippen LogP contribution is 2.28. The van der Waals surface area contributed by atoms with Crippen LogP contribution < -0.4 is 10.1 Å². The molecule has 0 saturated heterocycles. The molecule has 1 amide bonds. The third-order valence-corrected chi connectivity index (χ3v) is 6.04. The summed E-state index contributed by atoms with van der Waals surface area (Å²) in [5, 5.41) is 3.68. The van der Waals surface area contributed by atoms with Crippen LogP contribution in [-0.4, -0.2) is 35.5 Å². The number of hydrogen-bond donors (Lipinski definition) is 1. The number of likely N-dealkylation sites (N-methyl/N-ethyl adjacent to an activating group) is 1. The van der Waals surface area contributed by atoms with E-state index in [9.17, 15) is 4.79 Å². The number of anilines is 1. The van der Waals surface area contributed by atoms with E-state index >= 15 is 0 Å². The molecule has 2 aromatic rings. The van der Waals surface area contributed by atoms with E-state index in [4.69, 9.17) is 4.74 Å². The van der Waals surface area contributed by atoms with E-state index in [1.807, 2.05) is 12.1 Å². The first kappa shape index (κ1) is 20.8. The van der Waals surface area contributed by atoms with Crippen molar-refractivity contribution in [1.29, 1.82) is 0 Å². The molecule has 1 aliphatic heterocycles. The summed E-state index contributed by atoms with van der Waals surface area (Å²) < 4.78 is 5.77. The average Bonchev–Trinajstić information content (AvgIpc) is 3.06. The first-order chi connectivity index (χ1) is 13.3. The molecule has 6 heteroatoms. The maximum absolute atomic E-state index is 12.2. The minimum atomic E-state index is 0.00475. The molecule has 0 spiro atoms. The monoisotopic (exact) mass is 401 g/mol. The van der Waals surface area contributed by atoms with Gasteiger partial charge in [0.25, 0.3) is 0 Å². The highest BCUT2D eigenvalue weighted by atomic mass is 32.1. The van der Waals surface area contributed by atoms with Crippen LogP contribution in [0.5, 0.6) is 5.75 Å². The minimum Gasteiger partial charge on any atom is -0.494 e. The Morgan fingerprint density at radius 3 is 2.71 bits per heavy atom. The van der Waals surface area contributed by atoms with Gasteiger partial charge >= 0.3 is 0 Å². The number of hydrogen-bond acceptors (Lipinski definition) is 5. The fourth-order valence-corrected chi connectivity index (χ4v) is 4.29. The highest BCUT2D eigenvalue weighted by Gasteiger charge is 2.20. The van der Waals surface area contributed by atoms with Crippen molar-refractivity contribution in [2.24, 2.45) is 0 Å². The van der Waals surface area contributed by atoms with Crippen LogP contribution in [0.3, 0.4) is 0 Å². The van der Waals surface area contributed by atoms with Gasteiger partial charge in [-0.15, -0.1) is 11.3 Å². The average molecular weight is 402 g/mol. The molecule has 0 unspecified atom stereocenters. The van der Waals surface area contributed by atoms with Gasteiger partial charge in [0.1, 0.15) is 5.75 Å². The molecule has 152 valence electrons. The largest absolute Gasteiger partial charge is 0.494 e. The maximum atomic E-state index is 12.2. The summed E-state index contributed by atoms with van der Waals surface area (Å²) in [6.07, 6.45) is 2.09. The second kappa shape index (κ2) is 9.05. The summed E-state index contributed by atoms with van der Waals surface area (Å²) >= 11 is 1.61. The van der Waals surface area contributed by atoms with Gasteiger partial charge in [0.05, 0.1) is 12.3 Å². The van der Waals surface area contributed by atoms with Crippen molar-refractivity contribution in [2.45, 2.75) is 58.9 Å². The minimum absolute atomic E-state index is 0.00475. The van der Waals surface area contributed by atoms with Gasteiger partial charge in [-0.05, 0) is 36.1 Å². The Bertz CT molecular complexity index is 793. The number of carbonyl (C=O) groups is 1. The Morgan fingerprint density at radius 1 is 1.29 bits per heavy atom. The summed E-state index contributed by atoms with van der Waals surface area (Å²) in [6, 6.07) is 8.21. The Hall–Kier alpha value is -1.92. The molecule has 0 bridgehead atoms. The molecule has 28 heavy (non-hydrogen) atoms. The molecule has 0 radical (unpaired) electrons. The summed E-state index contributed by atoms with van der Waals surface area (Å²) in [7, 11) is 0. The van der Waals surface area contributed by atoms with Crippen LogP contribution in [0.1, 0.15) is 56.7 Å². The van der Waals surface area contributed by atoms with Crippen LogP contribution in [-0.2, 0) is 23.2 Å². The number of rotatable bonds is 7. The fraction of sp³-hybridized carbons (Fsp3) is 0.545. The molecule has 1 aliphatic rings. The molecular weight excluding hydrogens is 370 g/mol. The van der Waals surface area contributed by atoms with Crippen LogP contribution in [0.25, 0.3) is 0 Å². The van der Waals surface area contributed by atoms with Crippen molar-refractivity contribution < 1.29 is 9.53 Å². The van der Waals surface area contributed by atoms with Crippen molar-refractivity contribution >= 4 is 22.4 Å². The lowest BCUT2D eigenvalue weighted by molar-refractivity contribution is -0.116. The number of thiazole rings is 1. The second-order valence-corrected chi connectivity index (χ2v) is 9.37. The lowest BCUT2D eigenvalue weighted by Gasteiger charge is -2.23. The summed E-state index contributed by atoms with van der Waals surface area (Å²) in [4.78, 5) is 20.5. The Balaban J connectivity index is 1.40. The van der Waals surface area contributed by atoms with Crippen LogP contribution in [0.4, 0.5) is 5.13 Å². The smallest absolute Gasteiger partial charge is 0.226 e. The van der Waals surface area contributed by atoms with Crippen molar-refractivity contribution in [3.63, 3.8) is 0 Å². The topological polar surface area (TPSA) is 54.5 Å². The molecule has 2 heterocycles. The van der Waals surface area contributed by atoms with Gasteiger partial charge in [0.2, 0.25) is 5.91 Å². The quantitative estimate of drug-likeness (QED) is 0.688. The number of amides is 1. The summed E-state index contributed by atoms with van der Waals surface area (Å²) in [5.74, 6) is 0.853. The number of aromatic nitrogens is 1. The molecule has 0 aliphatic carbocycles. The summed E-state index contributed by atoms with van der Waals surface area (Å²) in [5.41, 5.74) is 2.57. The molecule has 1 aromatic carbocycles. The zero-order chi connectivity index (χ0) is 20.1. The number of benzene rings is 1. The molecule has 0 atom stereocenters. The van der Waals surface area contributed by atoms with E-state index in [2.05, 4.69) is 55.0 Å². The van der Waals surface area contributed by atoms with E-state index in [0.717, 1.165) is 42.6 Å². The second-order valence-electron chi connectivity index (χ2n) is 8.28. The third-order valence-electron chi connectivity index (χ3n) is 5.04. The van der Waals surface area contributed by atoms with E-state index in [1.54, 1.807) is 11.3 Å². The lowest BCUT2D eigenvalue weighted by atomic mass is 9.87. The highest BCUT2D eigenvalue weighted by molar-refractivity contribution is 7.15. The van der Waals surface area contributed by atoms with Crippen LogP contribution >= 0.6 is 11.3 Å². The molecule has 1 aromatic heterocycles. The van der Waals surface area contributed by atoms with Crippen molar-refractivity contribution in [3.8, 4) is 5.75 Å². The zero-order valence-electron chi connectivity index (χ0n) is 17.4. The predicted octanol–water partition coefficient (Wildman–Crippen LogP) is 4.62. The van der Waals surface area contributed by atoms with Gasteiger partial charge < -0.3 is 10.1 Å². The molecule has 0 saturated carbocycles. The van der Waals surface area contributed by atoms with Gasteiger partial charge in [0.15, 0.2) is 5.13 Å². The fourth-order valence-electron chi connectivity index (χ4n) is 3.23. The zero-order valence-corrected chi connectivity index (χ0v) is 18.2. The Kier molecular flexibility index (Phi) is 6.73. The van der Waals surface area contributed by atoms with Crippen LogP contribution in [0.2, 0.25) is 0 Å². The summed E-state index contributed by atoms with van der Waals surface area (Å²) in [6.45, 7) is 12.3. The number of nitrogens with one attached hydrogen (secondary N) is 1. The van der Waals surface area contributed by atoms with Crippen molar-refractivity contribution in [1.82, 2.24) is 9.88 Å². The maximum Gasteiger partial charge on any atom is 0.226 e. The number of ether oxygens (including phenoxy) is 1. The predicted molar refractivity (Wildman–Crippen MR) is 115 cm³/mol. The van der Waals surface area contributed by atoms with Gasteiger partial charge in [0, 0.05) is 30.8 Å². The van der Waals surface area contributed by atoms with E-state index in [1.165, 1.54) is 10.4 Å². The van der Waals surface area contributed by atoms with E-state index in [0.29, 0.717) is 19.4 Å². The molecule has 1 N–H and O–H groups in total. The molecular formula is C22H31N3O2S. The number of nitrogens with zero attached hydrogens (tertiary/aromatic N) is 2. The first-order valence-electron chi connectivity index (χ1n) is 10.1. The first-order valence-corrected chi connectivity index (χ1v) is 10.9. The molecule has 5 nitrogen and oxygen atoms in total. The molecule has 3 rings (SSSR count). The van der Waals surface area contributed by atoms with E-state index < -0.39 is 0 Å². The van der Waals surface area contributed by atoms with Crippen molar-refractivity contribution in [3.05, 3.63) is 40.4 Å². The van der Waals surface area contributed by atoms with Crippen molar-refractivity contribution in [2.75, 3.05) is 25.0 Å². The van der Waals surface area contributed by atoms with Gasteiger partial charge in [-0.25, -0.2) is 4.98 Å². The standard InChI is InChI=1S/C22H31N3O2S/c1-5-25-13-12-18-19(15-25)28-21(23-18)24-20(26)7-6-14-27-17-10-8-16(9-11-17)22(2,3)4/h8-11H,5-7,12-15H2,1-4H3,(H,23,24,26). The van der Waals surface area contributed by atoms with Gasteiger partial charge in [-0.3, -0.25) is 9.69 Å². The normalized spacial score (nSPS) is 14.6. The number of fused-ring (bicyclic) bond motifs is 1. The van der Waals surface area contributed by atoms with Crippen LogP contribution in [0.15, 0.2) is 24.3 Å². The molecule has 0 fully saturated rings. The Labute approximate surface area is 172 Å². The Morgan fingerprint density at radius 2 is 2.04 bits per heavy atom. The van der Waals surface area contributed by atoms with E-state index in [-0.39, 0.29) is 11.3 Å². The van der Waals surface area contributed by atoms with Gasteiger partial charge in [-0.2, -0.15) is 0 Å².